The highest BCUT2D eigenvalue weighted by Crippen LogP contribution is 2.29. The van der Waals surface area contributed by atoms with E-state index >= 15 is 0 Å². The topological polar surface area (TPSA) is 55.2 Å². The average Bonchev–Trinajstić information content (AvgIpc) is 2.76. The highest BCUT2D eigenvalue weighted by molar-refractivity contribution is 5.84. The summed E-state index contributed by atoms with van der Waals surface area (Å²) in [7, 11) is 5.79. The maximum atomic E-state index is 5.33. The Morgan fingerprint density at radius 3 is 2.95 bits per heavy atom. The predicted octanol–water partition coefficient (Wildman–Crippen LogP) is 0.553. The molecule has 1 aliphatic rings. The highest BCUT2D eigenvalue weighted by atomic mass is 16.5. The van der Waals surface area contributed by atoms with E-state index in [1.54, 1.807) is 13.4 Å². The zero-order valence-electron chi connectivity index (χ0n) is 11.6. The Labute approximate surface area is 112 Å². The van der Waals surface area contributed by atoms with Gasteiger partial charge in [0.1, 0.15) is 17.4 Å². The fourth-order valence-corrected chi connectivity index (χ4v) is 2.74. The number of fused-ring (bicyclic) bond motifs is 1. The molecule has 1 saturated heterocycles. The summed E-state index contributed by atoms with van der Waals surface area (Å²) in [5.74, 6) is 0.628. The third kappa shape index (κ3) is 2.06. The van der Waals surface area contributed by atoms with Crippen molar-refractivity contribution in [1.29, 1.82) is 0 Å². The lowest BCUT2D eigenvalue weighted by molar-refractivity contribution is 0.241. The number of rotatable bonds is 2. The van der Waals surface area contributed by atoms with Crippen molar-refractivity contribution in [1.82, 2.24) is 24.8 Å². The minimum atomic E-state index is 0.307. The third-order valence-electron chi connectivity index (χ3n) is 3.69. The number of piperazine rings is 1. The van der Waals surface area contributed by atoms with Crippen LogP contribution >= 0.6 is 0 Å². The van der Waals surface area contributed by atoms with Crippen LogP contribution in [0.25, 0.3) is 11.0 Å². The Morgan fingerprint density at radius 2 is 2.21 bits per heavy atom. The first kappa shape index (κ1) is 12.4. The Hall–Kier alpha value is -1.66. The number of likely N-dealkylation sites (N-methyl/N-ethyl adjacent to an activating group) is 1. The van der Waals surface area contributed by atoms with Gasteiger partial charge in [0.25, 0.3) is 0 Å². The third-order valence-corrected chi connectivity index (χ3v) is 3.69. The second-order valence-electron chi connectivity index (χ2n) is 5.04. The van der Waals surface area contributed by atoms with Crippen LogP contribution in [-0.4, -0.2) is 53.2 Å². The van der Waals surface area contributed by atoms with Crippen molar-refractivity contribution in [3.8, 4) is 5.88 Å². The lowest BCUT2D eigenvalue weighted by atomic mass is 10.1. The number of nitrogens with one attached hydrogen (secondary N) is 1. The van der Waals surface area contributed by atoms with Crippen molar-refractivity contribution in [2.24, 2.45) is 7.05 Å². The number of hydrogen-bond acceptors (Lipinski definition) is 5. The summed E-state index contributed by atoms with van der Waals surface area (Å²) in [6, 6.07) is 0.307. The molecule has 1 N–H and O–H groups in total. The quantitative estimate of drug-likeness (QED) is 0.855. The molecule has 0 aliphatic carbocycles. The van der Waals surface area contributed by atoms with E-state index in [0.717, 1.165) is 30.7 Å². The lowest BCUT2D eigenvalue weighted by Gasteiger charge is -2.30. The molecule has 0 radical (unpaired) electrons. The van der Waals surface area contributed by atoms with Gasteiger partial charge in [0.15, 0.2) is 0 Å². The average molecular weight is 261 g/mol. The first-order valence-corrected chi connectivity index (χ1v) is 6.46. The van der Waals surface area contributed by atoms with Crippen LogP contribution in [0, 0.1) is 0 Å². The Balaban J connectivity index is 2.09. The predicted molar refractivity (Wildman–Crippen MR) is 73.3 cm³/mol. The molecule has 0 amide bonds. The standard InChI is InChI=1S/C13H19N5O/c1-17-5-4-14-10(7-17)9-6-18(2)12-11(9)15-8-16-13(12)19-3/h6,8,10,14H,4-5,7H2,1-3H3. The van der Waals surface area contributed by atoms with Crippen LogP contribution in [0.1, 0.15) is 11.6 Å². The molecule has 19 heavy (non-hydrogen) atoms. The van der Waals surface area contributed by atoms with E-state index in [-0.39, 0.29) is 0 Å². The van der Waals surface area contributed by atoms with E-state index in [9.17, 15) is 0 Å². The van der Waals surface area contributed by atoms with Gasteiger partial charge in [-0.05, 0) is 7.05 Å². The van der Waals surface area contributed by atoms with Crippen LogP contribution in [0.4, 0.5) is 0 Å². The summed E-state index contributed by atoms with van der Waals surface area (Å²) in [5.41, 5.74) is 3.14. The normalized spacial score (nSPS) is 20.9. The van der Waals surface area contributed by atoms with E-state index < -0.39 is 0 Å². The summed E-state index contributed by atoms with van der Waals surface area (Å²) in [4.78, 5) is 10.9. The summed E-state index contributed by atoms with van der Waals surface area (Å²) in [6.45, 7) is 3.07. The zero-order valence-corrected chi connectivity index (χ0v) is 11.6. The van der Waals surface area contributed by atoms with Gasteiger partial charge in [0.2, 0.25) is 5.88 Å². The molecule has 6 heteroatoms. The minimum Gasteiger partial charge on any atom is -0.479 e. The van der Waals surface area contributed by atoms with Crippen LogP contribution < -0.4 is 10.1 Å². The SMILES string of the molecule is COc1ncnc2c(C3CN(C)CCN3)cn(C)c12. The van der Waals surface area contributed by atoms with Gasteiger partial charge in [-0.1, -0.05) is 0 Å². The molecule has 3 heterocycles. The van der Waals surface area contributed by atoms with E-state index in [2.05, 4.69) is 33.4 Å². The van der Waals surface area contributed by atoms with Crippen LogP contribution in [0.15, 0.2) is 12.5 Å². The smallest absolute Gasteiger partial charge is 0.241 e. The molecule has 2 aromatic rings. The highest BCUT2D eigenvalue weighted by Gasteiger charge is 2.23. The van der Waals surface area contributed by atoms with Crippen molar-refractivity contribution < 1.29 is 4.74 Å². The molecule has 1 aliphatic heterocycles. The van der Waals surface area contributed by atoms with Gasteiger partial charge in [0.05, 0.1) is 7.11 Å². The van der Waals surface area contributed by atoms with Crippen LogP contribution in [0.2, 0.25) is 0 Å². The largest absolute Gasteiger partial charge is 0.479 e. The molecule has 3 rings (SSSR count). The number of hydrogen-bond donors (Lipinski definition) is 1. The maximum Gasteiger partial charge on any atom is 0.241 e. The van der Waals surface area contributed by atoms with Gasteiger partial charge in [-0.15, -0.1) is 0 Å². The number of ether oxygens (including phenoxy) is 1. The molecule has 6 nitrogen and oxygen atoms in total. The van der Waals surface area contributed by atoms with Crippen LogP contribution in [-0.2, 0) is 7.05 Å². The molecular formula is C13H19N5O. The van der Waals surface area contributed by atoms with Crippen molar-refractivity contribution in [3.63, 3.8) is 0 Å². The van der Waals surface area contributed by atoms with Gasteiger partial charge in [-0.3, -0.25) is 0 Å². The summed E-state index contributed by atoms with van der Waals surface area (Å²) < 4.78 is 7.37. The summed E-state index contributed by atoms with van der Waals surface area (Å²) >= 11 is 0. The van der Waals surface area contributed by atoms with Gasteiger partial charge >= 0.3 is 0 Å². The molecule has 1 unspecified atom stereocenters. The molecule has 1 fully saturated rings. The lowest BCUT2D eigenvalue weighted by Crippen LogP contribution is -2.43. The van der Waals surface area contributed by atoms with Gasteiger partial charge < -0.3 is 19.5 Å². The van der Waals surface area contributed by atoms with Crippen molar-refractivity contribution in [2.75, 3.05) is 33.8 Å². The van der Waals surface area contributed by atoms with Gasteiger partial charge in [-0.2, -0.15) is 4.98 Å². The molecule has 0 spiro atoms. The first-order chi connectivity index (χ1) is 9.20. The van der Waals surface area contributed by atoms with Gasteiger partial charge in [-0.25, -0.2) is 4.98 Å². The first-order valence-electron chi connectivity index (χ1n) is 6.46. The minimum absolute atomic E-state index is 0.307. The number of aromatic nitrogens is 3. The van der Waals surface area contributed by atoms with Crippen molar-refractivity contribution in [3.05, 3.63) is 18.1 Å². The maximum absolute atomic E-state index is 5.33. The second-order valence-corrected chi connectivity index (χ2v) is 5.04. The molecule has 102 valence electrons. The summed E-state index contributed by atoms with van der Waals surface area (Å²) in [5, 5.41) is 3.55. The molecular weight excluding hydrogens is 242 g/mol. The van der Waals surface area contributed by atoms with Crippen molar-refractivity contribution >= 4 is 11.0 Å². The van der Waals surface area contributed by atoms with E-state index in [1.165, 1.54) is 5.56 Å². The number of aryl methyl sites for hydroxylation is 1. The summed E-state index contributed by atoms with van der Waals surface area (Å²) in [6.07, 6.45) is 3.69. The molecule has 0 bridgehead atoms. The van der Waals surface area contributed by atoms with Crippen LogP contribution in [0.3, 0.4) is 0 Å². The number of methoxy groups -OCH3 is 1. The second kappa shape index (κ2) is 4.79. The fourth-order valence-electron chi connectivity index (χ4n) is 2.74. The van der Waals surface area contributed by atoms with Crippen molar-refractivity contribution in [2.45, 2.75) is 6.04 Å². The fraction of sp³-hybridized carbons (Fsp3) is 0.538. The molecule has 0 aromatic carbocycles. The monoisotopic (exact) mass is 261 g/mol. The van der Waals surface area contributed by atoms with E-state index in [4.69, 9.17) is 4.74 Å². The molecule has 0 saturated carbocycles. The Kier molecular flexibility index (Phi) is 3.12. The van der Waals surface area contributed by atoms with Gasteiger partial charge in [0, 0.05) is 44.5 Å². The number of nitrogens with zero attached hydrogens (tertiary/aromatic N) is 4. The molecule has 2 aromatic heterocycles. The van der Waals surface area contributed by atoms with Crippen LogP contribution in [0.5, 0.6) is 5.88 Å². The van der Waals surface area contributed by atoms with E-state index in [0.29, 0.717) is 11.9 Å². The van der Waals surface area contributed by atoms with E-state index in [1.807, 2.05) is 11.6 Å². The Bertz CT molecular complexity index is 594. The zero-order chi connectivity index (χ0) is 13.4. The Morgan fingerprint density at radius 1 is 1.37 bits per heavy atom. The molecule has 1 atom stereocenters.